The molecule has 1 heterocycles. The third-order valence-corrected chi connectivity index (χ3v) is 5.02. The van der Waals surface area contributed by atoms with Crippen LogP contribution in [0.3, 0.4) is 0 Å². The monoisotopic (exact) mass is 351 g/mol. The molecule has 0 spiro atoms. The van der Waals surface area contributed by atoms with E-state index in [1.165, 1.54) is 5.56 Å². The van der Waals surface area contributed by atoms with Crippen LogP contribution in [0.5, 0.6) is 0 Å². The molecule has 1 saturated heterocycles. The predicted octanol–water partition coefficient (Wildman–Crippen LogP) is 2.88. The highest BCUT2D eigenvalue weighted by Crippen LogP contribution is 2.48. The number of rotatable bonds is 3. The number of benzene rings is 1. The summed E-state index contributed by atoms with van der Waals surface area (Å²) in [7, 11) is 0. The van der Waals surface area contributed by atoms with Crippen LogP contribution in [-0.2, 0) is 9.59 Å². The highest BCUT2D eigenvalue weighted by Gasteiger charge is 2.46. The molecule has 2 aliphatic rings. The topological polar surface area (TPSA) is 57.6 Å². The van der Waals surface area contributed by atoms with Crippen LogP contribution < -0.4 is 0 Å². The van der Waals surface area contributed by atoms with Crippen LogP contribution in [0.4, 0.5) is 0 Å². The zero-order valence-electron chi connectivity index (χ0n) is 11.7. The van der Waals surface area contributed by atoms with E-state index >= 15 is 0 Å². The average Bonchev–Trinajstić information content (AvgIpc) is 3.28. The minimum Gasteiger partial charge on any atom is -0.481 e. The molecule has 0 unspecified atom stereocenters. The van der Waals surface area contributed by atoms with Crippen LogP contribution in [-0.4, -0.2) is 35.0 Å². The number of amides is 1. The van der Waals surface area contributed by atoms with Crippen molar-refractivity contribution in [2.24, 2.45) is 11.8 Å². The maximum Gasteiger partial charge on any atom is 0.308 e. The molecule has 21 heavy (non-hydrogen) atoms. The van der Waals surface area contributed by atoms with E-state index in [9.17, 15) is 9.59 Å². The van der Waals surface area contributed by atoms with E-state index in [4.69, 9.17) is 5.11 Å². The van der Waals surface area contributed by atoms with Crippen LogP contribution in [0.1, 0.15) is 30.7 Å². The molecule has 1 N–H and O–H groups in total. The molecule has 1 saturated carbocycles. The lowest BCUT2D eigenvalue weighted by Crippen LogP contribution is -2.43. The fourth-order valence-electron chi connectivity index (χ4n) is 3.16. The zero-order chi connectivity index (χ0) is 15.0. The molecule has 1 aliphatic heterocycles. The van der Waals surface area contributed by atoms with Crippen LogP contribution in [0.2, 0.25) is 0 Å². The van der Waals surface area contributed by atoms with Crippen molar-refractivity contribution in [1.29, 1.82) is 0 Å². The minimum absolute atomic E-state index is 0.0405. The minimum atomic E-state index is -0.784. The smallest absolute Gasteiger partial charge is 0.308 e. The number of carboxylic acids is 1. The Labute approximate surface area is 132 Å². The summed E-state index contributed by atoms with van der Waals surface area (Å²) in [5, 5.41) is 9.11. The summed E-state index contributed by atoms with van der Waals surface area (Å²) in [4.78, 5) is 25.3. The summed E-state index contributed by atoms with van der Waals surface area (Å²) in [5.41, 5.74) is 1.20. The molecule has 3 atom stereocenters. The quantitative estimate of drug-likeness (QED) is 0.910. The first-order chi connectivity index (χ1) is 10.1. The number of carbonyl (C=O) groups excluding carboxylic acids is 1. The van der Waals surface area contributed by atoms with E-state index in [1.54, 1.807) is 4.90 Å². The molecule has 2 fully saturated rings. The molecule has 3 rings (SSSR count). The molecule has 4 nitrogen and oxygen atoms in total. The van der Waals surface area contributed by atoms with Crippen molar-refractivity contribution in [3.63, 3.8) is 0 Å². The molecule has 1 amide bonds. The van der Waals surface area contributed by atoms with E-state index in [2.05, 4.69) is 28.1 Å². The van der Waals surface area contributed by atoms with Gasteiger partial charge in [-0.25, -0.2) is 0 Å². The van der Waals surface area contributed by atoms with E-state index in [1.807, 2.05) is 12.1 Å². The van der Waals surface area contributed by atoms with Crippen LogP contribution >= 0.6 is 15.9 Å². The Hall–Kier alpha value is -1.36. The SMILES string of the molecule is O=C(O)[C@@H]1CCCN(C(=O)[C@H]2C[C@H]2c2ccc(Br)cc2)C1. The number of carbonyl (C=O) groups is 2. The number of piperidine rings is 1. The van der Waals surface area contributed by atoms with Crippen molar-refractivity contribution in [2.75, 3.05) is 13.1 Å². The summed E-state index contributed by atoms with van der Waals surface area (Å²) < 4.78 is 1.04. The lowest BCUT2D eigenvalue weighted by molar-refractivity contribution is -0.146. The maximum atomic E-state index is 12.5. The summed E-state index contributed by atoms with van der Waals surface area (Å²) in [6.45, 7) is 1.07. The third-order valence-electron chi connectivity index (χ3n) is 4.49. The van der Waals surface area contributed by atoms with Gasteiger partial charge >= 0.3 is 5.97 Å². The number of hydrogen-bond donors (Lipinski definition) is 1. The largest absolute Gasteiger partial charge is 0.481 e. The maximum absolute atomic E-state index is 12.5. The predicted molar refractivity (Wildman–Crippen MR) is 81.9 cm³/mol. The van der Waals surface area contributed by atoms with Crippen molar-refractivity contribution >= 4 is 27.8 Å². The van der Waals surface area contributed by atoms with Gasteiger partial charge in [0.1, 0.15) is 0 Å². The first-order valence-corrected chi connectivity index (χ1v) is 8.12. The molecule has 5 heteroatoms. The molecule has 0 radical (unpaired) electrons. The zero-order valence-corrected chi connectivity index (χ0v) is 13.3. The second kappa shape index (κ2) is 5.79. The van der Waals surface area contributed by atoms with Crippen LogP contribution in [0.15, 0.2) is 28.7 Å². The average molecular weight is 352 g/mol. The Bertz CT molecular complexity index is 557. The molecule has 0 aromatic heterocycles. The van der Waals surface area contributed by atoms with Gasteiger partial charge in [0.15, 0.2) is 0 Å². The summed E-state index contributed by atoms with van der Waals surface area (Å²) in [5.74, 6) is -0.705. The Morgan fingerprint density at radius 1 is 1.24 bits per heavy atom. The molecule has 1 aromatic rings. The fraction of sp³-hybridized carbons (Fsp3) is 0.500. The van der Waals surface area contributed by atoms with Crippen molar-refractivity contribution in [3.05, 3.63) is 34.3 Å². The lowest BCUT2D eigenvalue weighted by Gasteiger charge is -2.31. The van der Waals surface area contributed by atoms with Gasteiger partial charge in [0.05, 0.1) is 5.92 Å². The number of halogens is 1. The second-order valence-electron chi connectivity index (χ2n) is 5.96. The molecule has 1 aromatic carbocycles. The molecule has 1 aliphatic carbocycles. The number of carboxylic acid groups (broad SMARTS) is 1. The van der Waals surface area contributed by atoms with Crippen molar-refractivity contribution in [2.45, 2.75) is 25.2 Å². The van der Waals surface area contributed by atoms with Crippen molar-refractivity contribution < 1.29 is 14.7 Å². The van der Waals surface area contributed by atoms with E-state index in [-0.39, 0.29) is 11.8 Å². The molecular formula is C16H18BrNO3. The number of aliphatic carboxylic acids is 1. The Kier molecular flexibility index (Phi) is 4.02. The Morgan fingerprint density at radius 2 is 1.95 bits per heavy atom. The van der Waals surface area contributed by atoms with Crippen LogP contribution in [0, 0.1) is 11.8 Å². The van der Waals surface area contributed by atoms with E-state index < -0.39 is 11.9 Å². The number of hydrogen-bond acceptors (Lipinski definition) is 2. The van der Waals surface area contributed by atoms with Gasteiger partial charge in [0, 0.05) is 23.5 Å². The third kappa shape index (κ3) is 3.12. The van der Waals surface area contributed by atoms with Gasteiger partial charge in [0.2, 0.25) is 5.91 Å². The van der Waals surface area contributed by atoms with Gasteiger partial charge < -0.3 is 10.0 Å². The van der Waals surface area contributed by atoms with Gasteiger partial charge in [0.25, 0.3) is 0 Å². The van der Waals surface area contributed by atoms with Gasteiger partial charge in [-0.15, -0.1) is 0 Å². The fourth-order valence-corrected chi connectivity index (χ4v) is 3.42. The second-order valence-corrected chi connectivity index (χ2v) is 6.88. The first-order valence-electron chi connectivity index (χ1n) is 7.33. The van der Waals surface area contributed by atoms with Crippen molar-refractivity contribution in [3.8, 4) is 0 Å². The van der Waals surface area contributed by atoms with Gasteiger partial charge in [-0.2, -0.15) is 0 Å². The molecule has 0 bridgehead atoms. The lowest BCUT2D eigenvalue weighted by atomic mass is 9.97. The van der Waals surface area contributed by atoms with Gasteiger partial charge in [-0.05, 0) is 42.9 Å². The Balaban J connectivity index is 1.62. The summed E-state index contributed by atoms with van der Waals surface area (Å²) in [6, 6.07) is 8.10. The van der Waals surface area contributed by atoms with E-state index in [0.717, 1.165) is 17.3 Å². The Morgan fingerprint density at radius 3 is 2.62 bits per heavy atom. The first kappa shape index (κ1) is 14.6. The number of likely N-dealkylation sites (tertiary alicyclic amines) is 1. The standard InChI is InChI=1S/C16H18BrNO3/c17-12-5-3-10(4-6-12)13-8-14(13)15(19)18-7-1-2-11(9-18)16(20)21/h3-6,11,13-14H,1-2,7-9H2,(H,20,21)/t11-,13+,14+/m1/s1. The normalized spacial score (nSPS) is 28.2. The summed E-state index contributed by atoms with van der Waals surface area (Å²) >= 11 is 3.41. The highest BCUT2D eigenvalue weighted by atomic mass is 79.9. The molecule has 112 valence electrons. The van der Waals surface area contributed by atoms with E-state index in [0.29, 0.717) is 25.4 Å². The van der Waals surface area contributed by atoms with Gasteiger partial charge in [-0.3, -0.25) is 9.59 Å². The summed E-state index contributed by atoms with van der Waals surface area (Å²) in [6.07, 6.45) is 2.35. The highest BCUT2D eigenvalue weighted by molar-refractivity contribution is 9.10. The van der Waals surface area contributed by atoms with Crippen molar-refractivity contribution in [1.82, 2.24) is 4.90 Å². The number of nitrogens with zero attached hydrogens (tertiary/aromatic N) is 1. The van der Waals surface area contributed by atoms with Crippen LogP contribution in [0.25, 0.3) is 0 Å². The van der Waals surface area contributed by atoms with Gasteiger partial charge in [-0.1, -0.05) is 28.1 Å². The molecular weight excluding hydrogens is 334 g/mol.